The molecule has 0 spiro atoms. The van der Waals surface area contributed by atoms with Crippen molar-refractivity contribution in [3.8, 4) is 0 Å². The lowest BCUT2D eigenvalue weighted by atomic mass is 10.0. The smallest absolute Gasteiger partial charge is 0.305 e. The largest absolute Gasteiger partial charge is 0.481 e. The summed E-state index contributed by atoms with van der Waals surface area (Å²) in [5.41, 5.74) is 6.37. The number of carboxylic acid groups (broad SMARTS) is 1. The molecule has 0 saturated heterocycles. The van der Waals surface area contributed by atoms with Gasteiger partial charge in [0.25, 0.3) is 0 Å². The molecule has 1 aromatic carbocycles. The number of nitrogens with one attached hydrogen (secondary N) is 1. The minimum absolute atomic E-state index is 0.161. The maximum atomic E-state index is 11.7. The highest BCUT2D eigenvalue weighted by Gasteiger charge is 2.20. The van der Waals surface area contributed by atoms with Crippen molar-refractivity contribution in [2.75, 3.05) is 0 Å². The Morgan fingerprint density at radius 3 is 2.44 bits per heavy atom. The molecule has 18 heavy (non-hydrogen) atoms. The van der Waals surface area contributed by atoms with Crippen molar-refractivity contribution >= 4 is 11.9 Å². The van der Waals surface area contributed by atoms with Crippen LogP contribution in [0.2, 0.25) is 0 Å². The Morgan fingerprint density at radius 1 is 1.33 bits per heavy atom. The van der Waals surface area contributed by atoms with Crippen molar-refractivity contribution in [1.29, 1.82) is 0 Å². The third kappa shape index (κ3) is 4.18. The van der Waals surface area contributed by atoms with Gasteiger partial charge >= 0.3 is 5.97 Å². The first-order valence-corrected chi connectivity index (χ1v) is 5.87. The highest BCUT2D eigenvalue weighted by molar-refractivity contribution is 5.82. The molecule has 0 saturated carbocycles. The highest BCUT2D eigenvalue weighted by Crippen LogP contribution is 2.16. The number of nitrogens with two attached hydrogens (primary N) is 1. The highest BCUT2D eigenvalue weighted by atomic mass is 16.4. The van der Waals surface area contributed by atoms with Gasteiger partial charge in [0.15, 0.2) is 0 Å². The van der Waals surface area contributed by atoms with E-state index in [1.54, 1.807) is 31.2 Å². The van der Waals surface area contributed by atoms with Gasteiger partial charge in [0, 0.05) is 0 Å². The third-order valence-corrected chi connectivity index (χ3v) is 2.67. The van der Waals surface area contributed by atoms with Gasteiger partial charge in [-0.3, -0.25) is 9.59 Å². The number of aliphatic carboxylic acids is 1. The second kappa shape index (κ2) is 6.76. The summed E-state index contributed by atoms with van der Waals surface area (Å²) in [5.74, 6) is -1.29. The lowest BCUT2D eigenvalue weighted by molar-refractivity contribution is -0.137. The van der Waals surface area contributed by atoms with Crippen molar-refractivity contribution in [3.05, 3.63) is 35.9 Å². The van der Waals surface area contributed by atoms with Crippen molar-refractivity contribution in [1.82, 2.24) is 5.32 Å². The van der Waals surface area contributed by atoms with E-state index in [1.165, 1.54) is 0 Å². The molecular weight excluding hydrogens is 232 g/mol. The van der Waals surface area contributed by atoms with E-state index in [9.17, 15) is 9.59 Å². The fourth-order valence-corrected chi connectivity index (χ4v) is 1.58. The van der Waals surface area contributed by atoms with Gasteiger partial charge in [-0.25, -0.2) is 0 Å². The van der Waals surface area contributed by atoms with Gasteiger partial charge in [-0.1, -0.05) is 37.3 Å². The molecule has 0 aliphatic rings. The van der Waals surface area contributed by atoms with Gasteiger partial charge in [-0.2, -0.15) is 0 Å². The van der Waals surface area contributed by atoms with Crippen LogP contribution in [0.5, 0.6) is 0 Å². The first-order chi connectivity index (χ1) is 8.54. The first-order valence-electron chi connectivity index (χ1n) is 5.87. The second-order valence-corrected chi connectivity index (χ2v) is 4.08. The van der Waals surface area contributed by atoms with E-state index in [0.29, 0.717) is 6.42 Å². The van der Waals surface area contributed by atoms with Gasteiger partial charge < -0.3 is 16.2 Å². The zero-order chi connectivity index (χ0) is 13.5. The normalized spacial score (nSPS) is 13.7. The molecule has 0 aliphatic heterocycles. The number of carboxylic acids is 1. The number of hydrogen-bond acceptors (Lipinski definition) is 3. The zero-order valence-corrected chi connectivity index (χ0v) is 10.3. The third-order valence-electron chi connectivity index (χ3n) is 2.67. The molecule has 1 amide bonds. The molecule has 1 rings (SSSR count). The van der Waals surface area contributed by atoms with Crippen LogP contribution >= 0.6 is 0 Å². The van der Waals surface area contributed by atoms with E-state index in [2.05, 4.69) is 5.32 Å². The molecule has 4 N–H and O–H groups in total. The van der Waals surface area contributed by atoms with Crippen LogP contribution in [0.3, 0.4) is 0 Å². The molecule has 5 nitrogen and oxygen atoms in total. The molecule has 1 aromatic rings. The summed E-state index contributed by atoms with van der Waals surface area (Å²) in [6, 6.07) is 7.85. The lowest BCUT2D eigenvalue weighted by Gasteiger charge is -2.19. The summed E-state index contributed by atoms with van der Waals surface area (Å²) in [6.45, 7) is 1.80. The summed E-state index contributed by atoms with van der Waals surface area (Å²) in [5, 5.41) is 11.5. The summed E-state index contributed by atoms with van der Waals surface area (Å²) in [6.07, 6.45) is 0.354. The van der Waals surface area contributed by atoms with Crippen LogP contribution < -0.4 is 11.1 Å². The predicted octanol–water partition coefficient (Wildman–Crippen LogP) is 1.06. The Morgan fingerprint density at radius 2 is 1.94 bits per heavy atom. The monoisotopic (exact) mass is 250 g/mol. The van der Waals surface area contributed by atoms with E-state index < -0.39 is 18.1 Å². The molecule has 0 radical (unpaired) electrons. The fourth-order valence-electron chi connectivity index (χ4n) is 1.58. The average Bonchev–Trinajstić information content (AvgIpc) is 2.37. The Bertz CT molecular complexity index is 406. The van der Waals surface area contributed by atoms with Gasteiger partial charge in [0.05, 0.1) is 18.5 Å². The van der Waals surface area contributed by atoms with Crippen molar-refractivity contribution < 1.29 is 14.7 Å². The van der Waals surface area contributed by atoms with E-state index in [1.807, 2.05) is 6.07 Å². The summed E-state index contributed by atoms with van der Waals surface area (Å²) in [4.78, 5) is 22.5. The SMILES string of the molecule is CC[C@@H](N)C(=O)NC(CC(=O)O)c1ccccc1. The van der Waals surface area contributed by atoms with E-state index in [0.717, 1.165) is 5.56 Å². The van der Waals surface area contributed by atoms with Gasteiger partial charge in [-0.15, -0.1) is 0 Å². The van der Waals surface area contributed by atoms with Gasteiger partial charge in [0.2, 0.25) is 5.91 Å². The lowest BCUT2D eigenvalue weighted by Crippen LogP contribution is -2.42. The van der Waals surface area contributed by atoms with Crippen molar-refractivity contribution in [2.45, 2.75) is 31.8 Å². The van der Waals surface area contributed by atoms with Gasteiger partial charge in [-0.05, 0) is 12.0 Å². The van der Waals surface area contributed by atoms with Crippen LogP contribution in [0.25, 0.3) is 0 Å². The standard InChI is InChI=1S/C13H18N2O3/c1-2-10(14)13(18)15-11(8-12(16)17)9-6-4-3-5-7-9/h3-7,10-11H,2,8,14H2,1H3,(H,15,18)(H,16,17)/t10-,11?/m1/s1. The minimum atomic E-state index is -0.964. The fraction of sp³-hybridized carbons (Fsp3) is 0.385. The van der Waals surface area contributed by atoms with E-state index in [4.69, 9.17) is 10.8 Å². The van der Waals surface area contributed by atoms with E-state index >= 15 is 0 Å². The summed E-state index contributed by atoms with van der Waals surface area (Å²) < 4.78 is 0. The maximum Gasteiger partial charge on any atom is 0.305 e. The van der Waals surface area contributed by atoms with Crippen LogP contribution in [0, 0.1) is 0 Å². The molecule has 0 bridgehead atoms. The molecule has 0 aliphatic carbocycles. The molecule has 0 aromatic heterocycles. The summed E-state index contributed by atoms with van der Waals surface area (Å²) in [7, 11) is 0. The number of hydrogen-bond donors (Lipinski definition) is 3. The summed E-state index contributed by atoms with van der Waals surface area (Å²) >= 11 is 0. The molecule has 0 heterocycles. The number of amides is 1. The Kier molecular flexibility index (Phi) is 5.32. The predicted molar refractivity (Wildman–Crippen MR) is 67.8 cm³/mol. The maximum absolute atomic E-state index is 11.7. The van der Waals surface area contributed by atoms with Crippen LogP contribution in [0.15, 0.2) is 30.3 Å². The quantitative estimate of drug-likeness (QED) is 0.703. The molecule has 98 valence electrons. The van der Waals surface area contributed by atoms with Crippen LogP contribution in [-0.4, -0.2) is 23.0 Å². The van der Waals surface area contributed by atoms with Crippen molar-refractivity contribution in [2.24, 2.45) is 5.73 Å². The topological polar surface area (TPSA) is 92.4 Å². The molecule has 1 unspecified atom stereocenters. The van der Waals surface area contributed by atoms with Gasteiger partial charge in [0.1, 0.15) is 0 Å². The second-order valence-electron chi connectivity index (χ2n) is 4.08. The first kappa shape index (κ1) is 14.2. The Labute approximate surface area is 106 Å². The zero-order valence-electron chi connectivity index (χ0n) is 10.3. The van der Waals surface area contributed by atoms with Crippen LogP contribution in [0.1, 0.15) is 31.4 Å². The number of benzene rings is 1. The average molecular weight is 250 g/mol. The Balaban J connectivity index is 2.80. The van der Waals surface area contributed by atoms with E-state index in [-0.39, 0.29) is 12.3 Å². The molecule has 5 heteroatoms. The number of carbonyl (C=O) groups excluding carboxylic acids is 1. The number of carbonyl (C=O) groups is 2. The molecular formula is C13H18N2O3. The number of rotatable bonds is 6. The molecule has 2 atom stereocenters. The molecule has 0 fully saturated rings. The van der Waals surface area contributed by atoms with Crippen molar-refractivity contribution in [3.63, 3.8) is 0 Å². The minimum Gasteiger partial charge on any atom is -0.481 e. The Hall–Kier alpha value is -1.88. The van der Waals surface area contributed by atoms with Crippen LogP contribution in [0.4, 0.5) is 0 Å². The van der Waals surface area contributed by atoms with Crippen LogP contribution in [-0.2, 0) is 9.59 Å².